The number of halogens is 1. The van der Waals surface area contributed by atoms with Crippen LogP contribution >= 0.6 is 0 Å². The van der Waals surface area contributed by atoms with Gasteiger partial charge in [-0.25, -0.2) is 9.18 Å². The second-order valence-corrected chi connectivity index (χ2v) is 16.9. The Balaban J connectivity index is 1.33. The van der Waals surface area contributed by atoms with Gasteiger partial charge in [0.15, 0.2) is 0 Å². The van der Waals surface area contributed by atoms with Gasteiger partial charge in [0.2, 0.25) is 11.8 Å². The van der Waals surface area contributed by atoms with E-state index in [0.717, 1.165) is 12.0 Å². The highest BCUT2D eigenvalue weighted by molar-refractivity contribution is 5.95. The van der Waals surface area contributed by atoms with E-state index in [0.29, 0.717) is 74.4 Å². The first kappa shape index (κ1) is 47.5. The van der Waals surface area contributed by atoms with Gasteiger partial charge in [-0.05, 0) is 117 Å². The summed E-state index contributed by atoms with van der Waals surface area (Å²) in [6, 6.07) is 17.7. The van der Waals surface area contributed by atoms with Crippen LogP contribution in [0.15, 0.2) is 66.7 Å². The van der Waals surface area contributed by atoms with Crippen molar-refractivity contribution in [3.8, 4) is 5.75 Å². The molecule has 0 bridgehead atoms. The van der Waals surface area contributed by atoms with Crippen LogP contribution in [0.3, 0.4) is 0 Å². The lowest BCUT2D eigenvalue weighted by Crippen LogP contribution is -2.38. The van der Waals surface area contributed by atoms with E-state index in [1.54, 1.807) is 36.1 Å². The average molecular weight is 806 g/mol. The molecular formula is C45H64FN5O7. The van der Waals surface area contributed by atoms with Crippen LogP contribution in [0, 0.1) is 16.6 Å². The number of ether oxygens (including phenoxy) is 2. The summed E-state index contributed by atoms with van der Waals surface area (Å²) in [5.74, 6) is -1.34. The summed E-state index contributed by atoms with van der Waals surface area (Å²) in [4.78, 5) is 53.7. The number of carbonyl (C=O) groups excluding carboxylic acids is 4. The predicted molar refractivity (Wildman–Crippen MR) is 225 cm³/mol. The number of aliphatic hydroxyl groups is 1. The van der Waals surface area contributed by atoms with Crippen molar-refractivity contribution in [1.29, 1.82) is 0 Å². The number of hydrogen-bond acceptors (Lipinski definition) is 9. The number of rotatable bonds is 22. The number of nitrogens with two attached hydrogens (primary N) is 1. The van der Waals surface area contributed by atoms with Gasteiger partial charge in [0, 0.05) is 44.4 Å². The Hall–Kier alpha value is -4.85. The molecule has 0 aliphatic carbocycles. The molecule has 2 atom stereocenters. The molecule has 3 aromatic carbocycles. The molecule has 58 heavy (non-hydrogen) atoms. The molecule has 0 saturated carbocycles. The zero-order valence-electron chi connectivity index (χ0n) is 35.5. The average Bonchev–Trinajstić information content (AvgIpc) is 3.17. The molecule has 0 spiro atoms. The van der Waals surface area contributed by atoms with E-state index in [-0.39, 0.29) is 47.3 Å². The molecule has 3 amide bonds. The fourth-order valence-electron chi connectivity index (χ4n) is 6.16. The van der Waals surface area contributed by atoms with E-state index < -0.39 is 24.1 Å². The summed E-state index contributed by atoms with van der Waals surface area (Å²) in [5.41, 5.74) is 8.42. The number of benzene rings is 3. The normalized spacial score (nSPS) is 12.8. The maximum Gasteiger partial charge on any atom is 0.341 e. The number of aliphatic hydroxyl groups excluding tert-OH is 1. The molecule has 0 aromatic heterocycles. The number of amides is 3. The second kappa shape index (κ2) is 22.3. The van der Waals surface area contributed by atoms with E-state index in [4.69, 9.17) is 15.2 Å². The number of likely N-dealkylation sites (N-methyl/N-ethyl adjacent to an activating group) is 2. The number of carbonyl (C=O) groups is 4. The summed E-state index contributed by atoms with van der Waals surface area (Å²) in [7, 11) is 3.65. The van der Waals surface area contributed by atoms with E-state index in [1.807, 2.05) is 43.3 Å². The van der Waals surface area contributed by atoms with Crippen LogP contribution < -0.4 is 21.1 Å². The summed E-state index contributed by atoms with van der Waals surface area (Å²) in [6.07, 6.45) is 2.98. The Labute approximate surface area is 343 Å². The lowest BCUT2D eigenvalue weighted by molar-refractivity contribution is -0.130. The summed E-state index contributed by atoms with van der Waals surface area (Å²) in [6.45, 7) is 13.6. The fraction of sp³-hybridized carbons (Fsp3) is 0.511. The Kier molecular flexibility index (Phi) is 18.3. The molecule has 0 aliphatic rings. The minimum Gasteiger partial charge on any atom is -0.492 e. The van der Waals surface area contributed by atoms with Crippen LogP contribution in [0.25, 0.3) is 0 Å². The van der Waals surface area contributed by atoms with Crippen LogP contribution in [-0.2, 0) is 27.3 Å². The zero-order chi connectivity index (χ0) is 43.0. The number of nitrogens with one attached hydrogen (secondary N) is 2. The Morgan fingerprint density at radius 3 is 2.19 bits per heavy atom. The molecular weight excluding hydrogens is 742 g/mol. The van der Waals surface area contributed by atoms with Crippen molar-refractivity contribution >= 4 is 29.4 Å². The molecule has 0 aliphatic heterocycles. The summed E-state index contributed by atoms with van der Waals surface area (Å²) >= 11 is 0. The molecule has 0 radical (unpaired) electrons. The van der Waals surface area contributed by atoms with E-state index in [9.17, 15) is 28.7 Å². The summed E-state index contributed by atoms with van der Waals surface area (Å²) < 4.78 is 24.8. The van der Waals surface area contributed by atoms with Crippen LogP contribution in [0.5, 0.6) is 5.75 Å². The number of nitrogens with zero attached hydrogens (tertiary/aromatic N) is 2. The van der Waals surface area contributed by atoms with Gasteiger partial charge in [0.1, 0.15) is 24.4 Å². The topological polar surface area (TPSA) is 164 Å². The SMILES string of the molecule is CCOC(=O)c1cc(CNC(=O)c2ccc(OCCN(C)C(O)CCC(C)(C)CCC(=O)N(C)CCc3ccc(NC(=O)[C@@H](N)CC(C)(C)C)cc3)cc2)ccc1F. The van der Waals surface area contributed by atoms with Crippen molar-refractivity contribution in [3.63, 3.8) is 0 Å². The van der Waals surface area contributed by atoms with Crippen molar-refractivity contribution in [2.75, 3.05) is 45.7 Å². The quantitative estimate of drug-likeness (QED) is 0.0652. The van der Waals surface area contributed by atoms with E-state index in [1.165, 1.54) is 18.2 Å². The third kappa shape index (κ3) is 16.6. The lowest BCUT2D eigenvalue weighted by Gasteiger charge is -2.29. The highest BCUT2D eigenvalue weighted by atomic mass is 19.1. The predicted octanol–water partition coefficient (Wildman–Crippen LogP) is 6.55. The van der Waals surface area contributed by atoms with Gasteiger partial charge < -0.3 is 35.8 Å². The maximum atomic E-state index is 14.0. The van der Waals surface area contributed by atoms with Crippen LogP contribution in [0.2, 0.25) is 0 Å². The third-order valence-electron chi connectivity index (χ3n) is 9.96. The minimum atomic E-state index is -0.756. The third-order valence-corrected chi connectivity index (χ3v) is 9.96. The molecule has 5 N–H and O–H groups in total. The number of esters is 1. The molecule has 3 aromatic rings. The van der Waals surface area contributed by atoms with Gasteiger partial charge in [-0.3, -0.25) is 19.3 Å². The van der Waals surface area contributed by atoms with Crippen molar-refractivity contribution in [1.82, 2.24) is 15.1 Å². The van der Waals surface area contributed by atoms with Gasteiger partial charge in [-0.1, -0.05) is 52.8 Å². The molecule has 0 fully saturated rings. The van der Waals surface area contributed by atoms with Crippen LogP contribution in [0.4, 0.5) is 10.1 Å². The smallest absolute Gasteiger partial charge is 0.341 e. The zero-order valence-corrected chi connectivity index (χ0v) is 35.5. The molecule has 0 heterocycles. The highest BCUT2D eigenvalue weighted by Gasteiger charge is 2.24. The number of anilines is 1. The van der Waals surface area contributed by atoms with Gasteiger partial charge in [0.25, 0.3) is 5.91 Å². The molecule has 1 unspecified atom stereocenters. The summed E-state index contributed by atoms with van der Waals surface area (Å²) in [5, 5.41) is 16.5. The van der Waals surface area contributed by atoms with Crippen molar-refractivity contribution in [3.05, 3.63) is 94.8 Å². The van der Waals surface area contributed by atoms with Gasteiger partial charge in [-0.15, -0.1) is 0 Å². The molecule has 13 heteroatoms. The van der Waals surface area contributed by atoms with Crippen LogP contribution in [0.1, 0.15) is 105 Å². The molecule has 0 saturated heterocycles. The Morgan fingerprint density at radius 2 is 1.55 bits per heavy atom. The first-order valence-electron chi connectivity index (χ1n) is 20.0. The van der Waals surface area contributed by atoms with Gasteiger partial charge in [0.05, 0.1) is 18.2 Å². The van der Waals surface area contributed by atoms with E-state index in [2.05, 4.69) is 45.3 Å². The molecule has 12 nitrogen and oxygen atoms in total. The highest BCUT2D eigenvalue weighted by Crippen LogP contribution is 2.30. The Bertz CT molecular complexity index is 1790. The first-order valence-corrected chi connectivity index (χ1v) is 20.0. The first-order chi connectivity index (χ1) is 27.3. The fourth-order valence-corrected chi connectivity index (χ4v) is 6.16. The monoisotopic (exact) mass is 805 g/mol. The van der Waals surface area contributed by atoms with Crippen molar-refractivity contribution in [2.24, 2.45) is 16.6 Å². The minimum absolute atomic E-state index is 0.0407. The molecule has 3 rings (SSSR count). The van der Waals surface area contributed by atoms with Gasteiger partial charge >= 0.3 is 5.97 Å². The van der Waals surface area contributed by atoms with Crippen LogP contribution in [-0.4, -0.2) is 91.3 Å². The lowest BCUT2D eigenvalue weighted by atomic mass is 9.82. The largest absolute Gasteiger partial charge is 0.492 e. The van der Waals surface area contributed by atoms with Crippen molar-refractivity contribution in [2.45, 2.75) is 98.9 Å². The van der Waals surface area contributed by atoms with Gasteiger partial charge in [-0.2, -0.15) is 0 Å². The second-order valence-electron chi connectivity index (χ2n) is 16.9. The Morgan fingerprint density at radius 1 is 0.897 bits per heavy atom. The van der Waals surface area contributed by atoms with Crippen molar-refractivity contribution < 1.29 is 38.1 Å². The maximum absolute atomic E-state index is 14.0. The van der Waals surface area contributed by atoms with E-state index >= 15 is 0 Å². The standard InChI is InChI=1S/C45H64FN5O7/c1-9-57-43(56)36-28-32(12-19-37(36)46)30-48-41(54)33-13-17-35(18-14-33)58-27-26-51(8)40(53)21-24-45(5,6)23-20-39(52)50(7)25-22-31-10-15-34(16-11-31)49-42(55)38(47)29-44(2,3)4/h10-19,28,38,40,53H,9,20-27,29-30,47H2,1-8H3,(H,48,54)(H,49,55)/t38-,40?/m0/s1. The number of hydrogen-bond donors (Lipinski definition) is 4. The molecule has 318 valence electrons.